The van der Waals surface area contributed by atoms with Gasteiger partial charge in [-0.15, -0.1) is 0 Å². The molecule has 3 rings (SSSR count). The van der Waals surface area contributed by atoms with Gasteiger partial charge in [0, 0.05) is 6.54 Å². The van der Waals surface area contributed by atoms with Gasteiger partial charge in [0.15, 0.2) is 5.76 Å². The maximum Gasteiger partial charge on any atom is 0.290 e. The lowest BCUT2D eigenvalue weighted by Crippen LogP contribution is -2.29. The second kappa shape index (κ2) is 6.35. The van der Waals surface area contributed by atoms with Crippen LogP contribution in [0.25, 0.3) is 0 Å². The number of carbonyl (C=O) groups is 1. The number of benzene rings is 1. The molecule has 1 aromatic carbocycles. The molecule has 0 spiro atoms. The Kier molecular flexibility index (Phi) is 4.10. The zero-order valence-electron chi connectivity index (χ0n) is 12.4. The number of hydrogen-bond acceptors (Lipinski definition) is 3. The molecule has 4 heteroatoms. The van der Waals surface area contributed by atoms with Gasteiger partial charge in [0.1, 0.15) is 11.5 Å². The van der Waals surface area contributed by atoms with Gasteiger partial charge in [0.05, 0.1) is 12.8 Å². The van der Waals surface area contributed by atoms with Gasteiger partial charge in [0.25, 0.3) is 5.91 Å². The molecule has 22 heavy (non-hydrogen) atoms. The monoisotopic (exact) mass is 295 g/mol. The fraction of sp³-hybridized carbons (Fsp3) is 0.167. The maximum atomic E-state index is 12.6. The van der Waals surface area contributed by atoms with E-state index in [0.717, 1.165) is 17.1 Å². The number of nitrogens with zero attached hydrogens (tertiary/aromatic N) is 1. The van der Waals surface area contributed by atoms with Crippen molar-refractivity contribution < 1.29 is 13.6 Å². The molecule has 0 aliphatic rings. The molecule has 112 valence electrons. The van der Waals surface area contributed by atoms with E-state index in [1.165, 1.54) is 6.26 Å². The summed E-state index contributed by atoms with van der Waals surface area (Å²) in [5, 5.41) is 0. The Morgan fingerprint density at radius 2 is 1.82 bits per heavy atom. The normalized spacial score (nSPS) is 10.6. The average molecular weight is 295 g/mol. The molecule has 0 atom stereocenters. The van der Waals surface area contributed by atoms with Gasteiger partial charge in [-0.1, -0.05) is 30.3 Å². The highest BCUT2D eigenvalue weighted by atomic mass is 16.3. The Morgan fingerprint density at radius 3 is 2.45 bits per heavy atom. The number of furan rings is 2. The summed E-state index contributed by atoms with van der Waals surface area (Å²) in [6.07, 6.45) is 1.50. The summed E-state index contributed by atoms with van der Waals surface area (Å²) < 4.78 is 10.8. The second-order valence-electron chi connectivity index (χ2n) is 5.14. The summed E-state index contributed by atoms with van der Waals surface area (Å²) in [7, 11) is 0. The summed E-state index contributed by atoms with van der Waals surface area (Å²) >= 11 is 0. The first-order valence-corrected chi connectivity index (χ1v) is 7.14. The summed E-state index contributed by atoms with van der Waals surface area (Å²) in [5.41, 5.74) is 1.06. The molecular formula is C18H17NO3. The third-order valence-corrected chi connectivity index (χ3v) is 3.38. The second-order valence-corrected chi connectivity index (χ2v) is 5.14. The van der Waals surface area contributed by atoms with Crippen LogP contribution in [0, 0.1) is 6.92 Å². The maximum absolute atomic E-state index is 12.6. The molecule has 2 aromatic heterocycles. The van der Waals surface area contributed by atoms with Crippen molar-refractivity contribution >= 4 is 5.91 Å². The molecule has 0 N–H and O–H groups in total. The molecule has 0 aliphatic heterocycles. The van der Waals surface area contributed by atoms with Crippen molar-refractivity contribution in [3.8, 4) is 0 Å². The standard InChI is InChI=1S/C18H17NO3/c1-14-9-10-16(22-14)13-19(12-15-6-3-2-4-7-15)18(20)17-8-5-11-21-17/h2-11H,12-13H2,1H3. The lowest BCUT2D eigenvalue weighted by atomic mass is 10.2. The van der Waals surface area contributed by atoms with E-state index >= 15 is 0 Å². The van der Waals surface area contributed by atoms with E-state index in [1.807, 2.05) is 49.4 Å². The zero-order chi connectivity index (χ0) is 15.4. The van der Waals surface area contributed by atoms with Crippen molar-refractivity contribution in [2.45, 2.75) is 20.0 Å². The van der Waals surface area contributed by atoms with Gasteiger partial charge in [-0.25, -0.2) is 0 Å². The molecule has 2 heterocycles. The zero-order valence-corrected chi connectivity index (χ0v) is 12.4. The van der Waals surface area contributed by atoms with Gasteiger partial charge in [0.2, 0.25) is 0 Å². The summed E-state index contributed by atoms with van der Waals surface area (Å²) in [6.45, 7) is 2.79. The number of rotatable bonds is 5. The topological polar surface area (TPSA) is 46.6 Å². The van der Waals surface area contributed by atoms with Crippen LogP contribution in [0.15, 0.2) is 69.7 Å². The lowest BCUT2D eigenvalue weighted by molar-refractivity contribution is 0.0684. The van der Waals surface area contributed by atoms with E-state index in [-0.39, 0.29) is 5.91 Å². The molecule has 4 nitrogen and oxygen atoms in total. The first-order chi connectivity index (χ1) is 10.7. The third kappa shape index (κ3) is 3.28. The molecule has 0 unspecified atom stereocenters. The van der Waals surface area contributed by atoms with Crippen molar-refractivity contribution in [3.05, 3.63) is 83.7 Å². The van der Waals surface area contributed by atoms with Crippen molar-refractivity contribution in [1.29, 1.82) is 0 Å². The van der Waals surface area contributed by atoms with Crippen molar-refractivity contribution in [2.75, 3.05) is 0 Å². The Labute approximate surface area is 129 Å². The van der Waals surface area contributed by atoms with Crippen molar-refractivity contribution in [2.24, 2.45) is 0 Å². The molecule has 0 saturated carbocycles. The predicted molar refractivity (Wildman–Crippen MR) is 82.2 cm³/mol. The van der Waals surface area contributed by atoms with E-state index in [0.29, 0.717) is 18.8 Å². The third-order valence-electron chi connectivity index (χ3n) is 3.38. The van der Waals surface area contributed by atoms with Crippen LogP contribution in [0.1, 0.15) is 27.6 Å². The fourth-order valence-corrected chi connectivity index (χ4v) is 2.32. The van der Waals surface area contributed by atoms with Crippen molar-refractivity contribution in [3.63, 3.8) is 0 Å². The largest absolute Gasteiger partial charge is 0.464 e. The number of carbonyl (C=O) groups excluding carboxylic acids is 1. The minimum atomic E-state index is -0.150. The Hall–Kier alpha value is -2.75. The lowest BCUT2D eigenvalue weighted by Gasteiger charge is -2.20. The Morgan fingerprint density at radius 1 is 1.00 bits per heavy atom. The SMILES string of the molecule is Cc1ccc(CN(Cc2ccccc2)C(=O)c2ccco2)o1. The summed E-state index contributed by atoms with van der Waals surface area (Å²) in [6, 6.07) is 17.0. The fourth-order valence-electron chi connectivity index (χ4n) is 2.32. The molecule has 0 fully saturated rings. The molecule has 1 amide bonds. The van der Waals surface area contributed by atoms with Crippen LogP contribution in [-0.2, 0) is 13.1 Å². The quantitative estimate of drug-likeness (QED) is 0.714. The molecule has 0 bridgehead atoms. The van der Waals surface area contributed by atoms with Crippen LogP contribution in [0.5, 0.6) is 0 Å². The highest BCUT2D eigenvalue weighted by Crippen LogP contribution is 2.16. The van der Waals surface area contributed by atoms with Crippen LogP contribution in [0.4, 0.5) is 0 Å². The molecule has 3 aromatic rings. The van der Waals surface area contributed by atoms with Gasteiger partial charge in [-0.3, -0.25) is 4.79 Å². The smallest absolute Gasteiger partial charge is 0.290 e. The molecular weight excluding hydrogens is 278 g/mol. The van der Waals surface area contributed by atoms with Gasteiger partial charge >= 0.3 is 0 Å². The summed E-state index contributed by atoms with van der Waals surface area (Å²) in [5.74, 6) is 1.77. The average Bonchev–Trinajstić information content (AvgIpc) is 3.19. The van der Waals surface area contributed by atoms with E-state index in [9.17, 15) is 4.79 Å². The van der Waals surface area contributed by atoms with Crippen LogP contribution in [0.3, 0.4) is 0 Å². The molecule has 0 saturated heterocycles. The Bertz CT molecular complexity index is 729. The van der Waals surface area contributed by atoms with Gasteiger partial charge in [-0.2, -0.15) is 0 Å². The minimum Gasteiger partial charge on any atom is -0.464 e. The predicted octanol–water partition coefficient (Wildman–Crippen LogP) is 4.02. The van der Waals surface area contributed by atoms with E-state index in [4.69, 9.17) is 8.83 Å². The van der Waals surface area contributed by atoms with Crippen LogP contribution in [-0.4, -0.2) is 10.8 Å². The van der Waals surface area contributed by atoms with Crippen molar-refractivity contribution in [1.82, 2.24) is 4.90 Å². The first-order valence-electron chi connectivity index (χ1n) is 7.14. The first kappa shape index (κ1) is 14.2. The van der Waals surface area contributed by atoms with Crippen LogP contribution >= 0.6 is 0 Å². The number of aryl methyl sites for hydroxylation is 1. The Balaban J connectivity index is 1.83. The van der Waals surface area contributed by atoms with E-state index < -0.39 is 0 Å². The minimum absolute atomic E-state index is 0.150. The highest BCUT2D eigenvalue weighted by Gasteiger charge is 2.20. The van der Waals surface area contributed by atoms with Crippen LogP contribution in [0.2, 0.25) is 0 Å². The molecule has 0 radical (unpaired) electrons. The van der Waals surface area contributed by atoms with E-state index in [2.05, 4.69) is 0 Å². The van der Waals surface area contributed by atoms with E-state index in [1.54, 1.807) is 17.0 Å². The number of amides is 1. The number of hydrogen-bond donors (Lipinski definition) is 0. The molecule has 0 aliphatic carbocycles. The summed E-state index contributed by atoms with van der Waals surface area (Å²) in [4.78, 5) is 14.3. The van der Waals surface area contributed by atoms with Crippen LogP contribution < -0.4 is 0 Å². The van der Waals surface area contributed by atoms with Gasteiger partial charge < -0.3 is 13.7 Å². The highest BCUT2D eigenvalue weighted by molar-refractivity contribution is 5.91. The van der Waals surface area contributed by atoms with Gasteiger partial charge in [-0.05, 0) is 36.8 Å².